The number of hydrogen-bond acceptors (Lipinski definition) is 5. The number of oxazole rings is 1. The number of carbonyl (C=O) groups is 1. The Bertz CT molecular complexity index is 735. The first-order valence-corrected chi connectivity index (χ1v) is 7.72. The van der Waals surface area contributed by atoms with Crippen LogP contribution in [0.5, 0.6) is 0 Å². The average Bonchev–Trinajstić information content (AvgIpc) is 2.84. The fourth-order valence-corrected chi connectivity index (χ4v) is 2.28. The lowest BCUT2D eigenvalue weighted by atomic mass is 10.1. The van der Waals surface area contributed by atoms with Crippen molar-refractivity contribution in [2.24, 2.45) is 5.14 Å². The first kappa shape index (κ1) is 15.2. The topological polar surface area (TPSA) is 115 Å². The van der Waals surface area contributed by atoms with Gasteiger partial charge >= 0.3 is 0 Å². The standard InChI is InChI=1S/C13H15N3O4S/c1-9-12(20-8-16-9)13(17)15-7-6-10-2-4-11(5-3-10)21(14,18)19/h2-5,8H,6-7H2,1H3,(H,15,17)(H2,14,18,19). The van der Waals surface area contributed by atoms with Crippen LogP contribution < -0.4 is 10.5 Å². The summed E-state index contributed by atoms with van der Waals surface area (Å²) in [6.07, 6.45) is 1.78. The summed E-state index contributed by atoms with van der Waals surface area (Å²) in [5.74, 6) is -0.134. The lowest BCUT2D eigenvalue weighted by molar-refractivity contribution is 0.0925. The van der Waals surface area contributed by atoms with E-state index in [1.165, 1.54) is 18.5 Å². The van der Waals surface area contributed by atoms with E-state index in [0.29, 0.717) is 18.7 Å². The maximum Gasteiger partial charge on any atom is 0.289 e. The number of carbonyl (C=O) groups excluding carboxylic acids is 1. The number of amides is 1. The van der Waals surface area contributed by atoms with Crippen LogP contribution in [0.3, 0.4) is 0 Å². The third kappa shape index (κ3) is 3.89. The second-order valence-electron chi connectivity index (χ2n) is 4.46. The van der Waals surface area contributed by atoms with Crippen LogP contribution in [0.1, 0.15) is 21.8 Å². The number of benzene rings is 1. The summed E-state index contributed by atoms with van der Waals surface area (Å²) in [6.45, 7) is 2.08. The second-order valence-corrected chi connectivity index (χ2v) is 6.02. The molecule has 1 heterocycles. The molecule has 0 saturated carbocycles. The highest BCUT2D eigenvalue weighted by molar-refractivity contribution is 7.89. The second kappa shape index (κ2) is 6.06. The molecule has 0 atom stereocenters. The molecular weight excluding hydrogens is 294 g/mol. The van der Waals surface area contributed by atoms with E-state index in [9.17, 15) is 13.2 Å². The summed E-state index contributed by atoms with van der Waals surface area (Å²) in [6, 6.07) is 6.19. The number of nitrogens with two attached hydrogens (primary N) is 1. The number of aryl methyl sites for hydroxylation is 1. The number of rotatable bonds is 5. The number of nitrogens with one attached hydrogen (secondary N) is 1. The van der Waals surface area contributed by atoms with Gasteiger partial charge in [-0.2, -0.15) is 0 Å². The predicted octanol–water partition coefficient (Wildman–Crippen LogP) is 0.603. The van der Waals surface area contributed by atoms with Crippen molar-refractivity contribution in [1.82, 2.24) is 10.3 Å². The third-order valence-corrected chi connectivity index (χ3v) is 3.83. The Kier molecular flexibility index (Phi) is 4.39. The Hall–Kier alpha value is -2.19. The zero-order valence-corrected chi connectivity index (χ0v) is 12.2. The molecule has 112 valence electrons. The van der Waals surface area contributed by atoms with Crippen molar-refractivity contribution in [2.75, 3.05) is 6.54 Å². The molecule has 0 radical (unpaired) electrons. The quantitative estimate of drug-likeness (QED) is 0.839. The molecule has 21 heavy (non-hydrogen) atoms. The van der Waals surface area contributed by atoms with Crippen molar-refractivity contribution in [3.63, 3.8) is 0 Å². The third-order valence-electron chi connectivity index (χ3n) is 2.90. The molecule has 0 aliphatic rings. The van der Waals surface area contributed by atoms with Crippen LogP contribution >= 0.6 is 0 Å². The molecule has 0 unspecified atom stereocenters. The predicted molar refractivity (Wildman–Crippen MR) is 75.1 cm³/mol. The molecule has 8 heteroatoms. The Morgan fingerprint density at radius 2 is 2.00 bits per heavy atom. The lowest BCUT2D eigenvalue weighted by Gasteiger charge is -2.05. The molecule has 1 aromatic carbocycles. The molecule has 0 fully saturated rings. The number of hydrogen-bond donors (Lipinski definition) is 2. The fraction of sp³-hybridized carbons (Fsp3) is 0.231. The minimum atomic E-state index is -3.68. The van der Waals surface area contributed by atoms with Crippen LogP contribution in [0.15, 0.2) is 40.0 Å². The van der Waals surface area contributed by atoms with E-state index in [-0.39, 0.29) is 16.6 Å². The Morgan fingerprint density at radius 1 is 1.33 bits per heavy atom. The van der Waals surface area contributed by atoms with E-state index in [1.807, 2.05) is 0 Å². The van der Waals surface area contributed by atoms with Crippen molar-refractivity contribution in [2.45, 2.75) is 18.2 Å². The molecular formula is C13H15N3O4S. The summed E-state index contributed by atoms with van der Waals surface area (Å²) in [5, 5.41) is 7.72. The van der Waals surface area contributed by atoms with E-state index < -0.39 is 10.0 Å². The van der Waals surface area contributed by atoms with Gasteiger partial charge in [0.1, 0.15) is 0 Å². The van der Waals surface area contributed by atoms with Gasteiger partial charge in [-0.15, -0.1) is 0 Å². The van der Waals surface area contributed by atoms with Crippen molar-refractivity contribution >= 4 is 15.9 Å². The largest absolute Gasteiger partial charge is 0.438 e. The average molecular weight is 309 g/mol. The number of aromatic nitrogens is 1. The maximum absolute atomic E-state index is 11.8. The van der Waals surface area contributed by atoms with Gasteiger partial charge in [-0.25, -0.2) is 18.5 Å². The van der Waals surface area contributed by atoms with Gasteiger partial charge in [0.05, 0.1) is 10.6 Å². The summed E-state index contributed by atoms with van der Waals surface area (Å²) in [5.41, 5.74) is 1.42. The Labute approximate surface area is 122 Å². The van der Waals surface area contributed by atoms with Gasteiger partial charge in [0, 0.05) is 6.54 Å². The van der Waals surface area contributed by atoms with Gasteiger partial charge in [-0.1, -0.05) is 12.1 Å². The molecule has 3 N–H and O–H groups in total. The van der Waals surface area contributed by atoms with Crippen LogP contribution in [0, 0.1) is 6.92 Å². The zero-order chi connectivity index (χ0) is 15.5. The van der Waals surface area contributed by atoms with Gasteiger partial charge < -0.3 is 9.73 Å². The van der Waals surface area contributed by atoms with Crippen molar-refractivity contribution in [3.05, 3.63) is 47.7 Å². The molecule has 0 aliphatic carbocycles. The van der Waals surface area contributed by atoms with E-state index in [1.54, 1.807) is 19.1 Å². The van der Waals surface area contributed by atoms with Crippen molar-refractivity contribution in [1.29, 1.82) is 0 Å². The van der Waals surface area contributed by atoms with Crippen LogP contribution in [0.2, 0.25) is 0 Å². The minimum absolute atomic E-state index is 0.0626. The molecule has 1 aromatic heterocycles. The number of primary sulfonamides is 1. The van der Waals surface area contributed by atoms with Gasteiger partial charge in [-0.05, 0) is 31.0 Å². The van der Waals surface area contributed by atoms with Gasteiger partial charge in [0.2, 0.25) is 15.8 Å². The van der Waals surface area contributed by atoms with Crippen LogP contribution in [0.4, 0.5) is 0 Å². The molecule has 7 nitrogen and oxygen atoms in total. The first-order valence-electron chi connectivity index (χ1n) is 6.18. The highest BCUT2D eigenvalue weighted by Crippen LogP contribution is 2.09. The molecule has 0 bridgehead atoms. The Morgan fingerprint density at radius 3 is 2.52 bits per heavy atom. The zero-order valence-electron chi connectivity index (χ0n) is 11.4. The smallest absolute Gasteiger partial charge is 0.289 e. The van der Waals surface area contributed by atoms with Gasteiger partial charge in [0.15, 0.2) is 6.39 Å². The van der Waals surface area contributed by atoms with Crippen molar-refractivity contribution < 1.29 is 17.6 Å². The minimum Gasteiger partial charge on any atom is -0.438 e. The van der Waals surface area contributed by atoms with E-state index in [4.69, 9.17) is 9.56 Å². The summed E-state index contributed by atoms with van der Waals surface area (Å²) < 4.78 is 27.2. The maximum atomic E-state index is 11.8. The van der Waals surface area contributed by atoms with Gasteiger partial charge in [0.25, 0.3) is 5.91 Å². The summed E-state index contributed by atoms with van der Waals surface area (Å²) >= 11 is 0. The molecule has 2 rings (SSSR count). The monoisotopic (exact) mass is 309 g/mol. The van der Waals surface area contributed by atoms with E-state index in [2.05, 4.69) is 10.3 Å². The molecule has 1 amide bonds. The highest BCUT2D eigenvalue weighted by atomic mass is 32.2. The highest BCUT2D eigenvalue weighted by Gasteiger charge is 2.13. The van der Waals surface area contributed by atoms with Crippen molar-refractivity contribution in [3.8, 4) is 0 Å². The number of nitrogens with zero attached hydrogens (tertiary/aromatic N) is 1. The molecule has 0 aliphatic heterocycles. The van der Waals surface area contributed by atoms with E-state index in [0.717, 1.165) is 5.56 Å². The fourth-order valence-electron chi connectivity index (χ4n) is 1.77. The summed E-state index contributed by atoms with van der Waals surface area (Å²) in [4.78, 5) is 15.7. The van der Waals surface area contributed by atoms with Gasteiger partial charge in [-0.3, -0.25) is 4.79 Å². The Balaban J connectivity index is 1.89. The van der Waals surface area contributed by atoms with Crippen LogP contribution in [-0.2, 0) is 16.4 Å². The summed E-state index contributed by atoms with van der Waals surface area (Å²) in [7, 11) is -3.68. The SMILES string of the molecule is Cc1ncoc1C(=O)NCCc1ccc(S(N)(=O)=O)cc1. The van der Waals surface area contributed by atoms with Crippen LogP contribution in [0.25, 0.3) is 0 Å². The normalized spacial score (nSPS) is 11.3. The molecule has 0 spiro atoms. The lowest BCUT2D eigenvalue weighted by Crippen LogP contribution is -2.25. The van der Waals surface area contributed by atoms with Crippen LogP contribution in [-0.4, -0.2) is 25.9 Å². The first-order chi connectivity index (χ1) is 9.88. The number of sulfonamides is 1. The van der Waals surface area contributed by atoms with E-state index >= 15 is 0 Å². The molecule has 2 aromatic rings. The molecule has 0 saturated heterocycles.